The van der Waals surface area contributed by atoms with E-state index in [1.807, 2.05) is 56.5 Å². The molecule has 1 aromatic carbocycles. The Labute approximate surface area is 185 Å². The van der Waals surface area contributed by atoms with E-state index >= 15 is 0 Å². The molecule has 0 fully saturated rings. The number of thioether (sulfide) groups is 1. The van der Waals surface area contributed by atoms with Crippen molar-refractivity contribution in [3.05, 3.63) is 53.9 Å². The van der Waals surface area contributed by atoms with Crippen molar-refractivity contribution in [1.82, 2.24) is 30.4 Å². The van der Waals surface area contributed by atoms with Crippen LogP contribution in [0.2, 0.25) is 0 Å². The Morgan fingerprint density at radius 1 is 1.03 bits per heavy atom. The van der Waals surface area contributed by atoms with Gasteiger partial charge in [-0.05, 0) is 70.0 Å². The molecule has 0 aliphatic heterocycles. The molecule has 2 heterocycles. The Bertz CT molecular complexity index is 1090. The number of aromatic nitrogens is 4. The molecular weight excluding hydrogens is 412 g/mol. The van der Waals surface area contributed by atoms with E-state index in [0.717, 1.165) is 16.8 Å². The summed E-state index contributed by atoms with van der Waals surface area (Å²) in [5, 5.41) is 14.3. The van der Waals surface area contributed by atoms with Crippen LogP contribution in [0.4, 0.5) is 4.79 Å². The predicted octanol–water partition coefficient (Wildman–Crippen LogP) is 3.66. The molecule has 3 aromatic rings. The molecule has 0 unspecified atom stereocenters. The smallest absolute Gasteiger partial charge is 0.321 e. The molecule has 162 valence electrons. The van der Waals surface area contributed by atoms with Gasteiger partial charge in [-0.25, -0.2) is 4.79 Å². The molecule has 0 aliphatic rings. The van der Waals surface area contributed by atoms with Crippen molar-refractivity contribution in [3.63, 3.8) is 0 Å². The summed E-state index contributed by atoms with van der Waals surface area (Å²) in [6.45, 7) is 9.64. The molecular formula is C22H26N6O2S. The maximum atomic E-state index is 12.3. The summed E-state index contributed by atoms with van der Waals surface area (Å²) in [5.41, 5.74) is 3.65. The van der Waals surface area contributed by atoms with E-state index in [4.69, 9.17) is 0 Å². The lowest BCUT2D eigenvalue weighted by Crippen LogP contribution is -2.48. The molecule has 9 heteroatoms. The molecule has 0 saturated carbocycles. The van der Waals surface area contributed by atoms with Gasteiger partial charge in [-0.3, -0.25) is 19.7 Å². The highest BCUT2D eigenvalue weighted by Gasteiger charge is 2.19. The normalized spacial score (nSPS) is 11.3. The van der Waals surface area contributed by atoms with E-state index in [0.29, 0.717) is 11.0 Å². The predicted molar refractivity (Wildman–Crippen MR) is 121 cm³/mol. The van der Waals surface area contributed by atoms with E-state index in [1.165, 1.54) is 17.3 Å². The number of rotatable bonds is 5. The summed E-state index contributed by atoms with van der Waals surface area (Å²) in [6.07, 6.45) is 3.39. The minimum atomic E-state index is -0.522. The molecule has 0 radical (unpaired) electrons. The molecule has 0 saturated heterocycles. The maximum absolute atomic E-state index is 12.3. The molecule has 2 N–H and O–H groups in total. The molecule has 3 amide bonds. The maximum Gasteiger partial charge on any atom is 0.321 e. The fourth-order valence-corrected chi connectivity index (χ4v) is 3.57. The molecule has 0 atom stereocenters. The largest absolute Gasteiger partial charge is 0.333 e. The van der Waals surface area contributed by atoms with E-state index in [9.17, 15) is 9.59 Å². The number of nitrogens with zero attached hydrogens (tertiary/aromatic N) is 4. The van der Waals surface area contributed by atoms with Gasteiger partial charge < -0.3 is 5.32 Å². The molecule has 0 aliphatic carbocycles. The Hall–Kier alpha value is -3.20. The lowest BCUT2D eigenvalue weighted by molar-refractivity contribution is -0.117. The highest BCUT2D eigenvalue weighted by molar-refractivity contribution is 7.99. The fourth-order valence-electron chi connectivity index (χ4n) is 2.81. The molecule has 2 aromatic heterocycles. The second kappa shape index (κ2) is 9.30. The molecule has 3 rings (SSSR count). The van der Waals surface area contributed by atoms with Crippen LogP contribution in [0.25, 0.3) is 17.1 Å². The van der Waals surface area contributed by atoms with Gasteiger partial charge in [0.1, 0.15) is 0 Å². The van der Waals surface area contributed by atoms with Gasteiger partial charge in [0.05, 0.1) is 11.4 Å². The minimum absolute atomic E-state index is 0.0247. The summed E-state index contributed by atoms with van der Waals surface area (Å²) < 4.78 is 1.91. The van der Waals surface area contributed by atoms with Crippen molar-refractivity contribution in [2.24, 2.45) is 0 Å². The lowest BCUT2D eigenvalue weighted by Gasteiger charge is -2.20. The number of carbonyl (C=O) groups is 2. The third kappa shape index (κ3) is 5.91. The zero-order valence-corrected chi connectivity index (χ0v) is 19.1. The van der Waals surface area contributed by atoms with Crippen LogP contribution in [0.5, 0.6) is 0 Å². The number of urea groups is 1. The Balaban J connectivity index is 1.85. The molecule has 0 spiro atoms. The number of nitrogens with one attached hydrogen (secondary N) is 2. The van der Waals surface area contributed by atoms with Crippen LogP contribution in [-0.2, 0) is 4.79 Å². The number of benzene rings is 1. The summed E-state index contributed by atoms with van der Waals surface area (Å²) in [4.78, 5) is 28.3. The first-order chi connectivity index (χ1) is 14.6. The van der Waals surface area contributed by atoms with Crippen LogP contribution in [0.15, 0.2) is 47.9 Å². The molecule has 31 heavy (non-hydrogen) atoms. The lowest BCUT2D eigenvalue weighted by atomic mass is 10.1. The van der Waals surface area contributed by atoms with Crippen LogP contribution >= 0.6 is 11.8 Å². The monoisotopic (exact) mass is 438 g/mol. The summed E-state index contributed by atoms with van der Waals surface area (Å²) in [6, 6.07) is 9.30. The molecule has 8 nitrogen and oxygen atoms in total. The second-order valence-electron chi connectivity index (χ2n) is 8.19. The number of hydrogen-bond donors (Lipinski definition) is 2. The van der Waals surface area contributed by atoms with Crippen LogP contribution in [0, 0.1) is 13.8 Å². The average Bonchev–Trinajstić information content (AvgIpc) is 3.11. The first-order valence-electron chi connectivity index (χ1n) is 9.82. The van der Waals surface area contributed by atoms with Gasteiger partial charge in [-0.1, -0.05) is 17.8 Å². The van der Waals surface area contributed by atoms with Gasteiger partial charge in [0.25, 0.3) is 0 Å². The summed E-state index contributed by atoms with van der Waals surface area (Å²) in [7, 11) is 0. The van der Waals surface area contributed by atoms with Crippen molar-refractivity contribution in [3.8, 4) is 17.1 Å². The summed E-state index contributed by atoms with van der Waals surface area (Å²) in [5.74, 6) is 0.266. The average molecular weight is 439 g/mol. The van der Waals surface area contributed by atoms with Gasteiger partial charge in [-0.15, -0.1) is 10.2 Å². The van der Waals surface area contributed by atoms with E-state index in [2.05, 4.69) is 38.8 Å². The first kappa shape index (κ1) is 22.5. The number of carbonyl (C=O) groups excluding carboxylic acids is 2. The van der Waals surface area contributed by atoms with Crippen LogP contribution in [0.3, 0.4) is 0 Å². The van der Waals surface area contributed by atoms with Crippen molar-refractivity contribution in [2.45, 2.75) is 45.3 Å². The van der Waals surface area contributed by atoms with Gasteiger partial charge in [-0.2, -0.15) is 0 Å². The zero-order valence-electron chi connectivity index (χ0n) is 18.3. The highest BCUT2D eigenvalue weighted by Crippen LogP contribution is 2.28. The van der Waals surface area contributed by atoms with Crippen LogP contribution in [0.1, 0.15) is 31.9 Å². The third-order valence-electron chi connectivity index (χ3n) is 4.39. The fraction of sp³-hybridized carbons (Fsp3) is 0.318. The van der Waals surface area contributed by atoms with Crippen LogP contribution in [-0.4, -0.2) is 43.0 Å². The number of imide groups is 1. The summed E-state index contributed by atoms with van der Waals surface area (Å²) >= 11 is 1.22. The highest BCUT2D eigenvalue weighted by atomic mass is 32.2. The Morgan fingerprint density at radius 2 is 1.74 bits per heavy atom. The number of pyridine rings is 1. The number of hydrogen-bond acceptors (Lipinski definition) is 6. The van der Waals surface area contributed by atoms with Gasteiger partial charge in [0.2, 0.25) is 5.91 Å². The molecule has 0 bridgehead atoms. The topological polar surface area (TPSA) is 102 Å². The van der Waals surface area contributed by atoms with Crippen molar-refractivity contribution in [1.29, 1.82) is 0 Å². The van der Waals surface area contributed by atoms with E-state index in [-0.39, 0.29) is 5.75 Å². The van der Waals surface area contributed by atoms with Gasteiger partial charge in [0.15, 0.2) is 11.0 Å². The number of aryl methyl sites for hydroxylation is 2. The first-order valence-corrected chi connectivity index (χ1v) is 10.8. The van der Waals surface area contributed by atoms with Gasteiger partial charge in [0, 0.05) is 23.5 Å². The standard InChI is InChI=1S/C22H26N6O2S/c1-14-6-7-17(12-15(14)2)28-19(16-8-10-23-11-9-16)26-27-21(28)31-13-18(29)24-20(30)25-22(3,4)5/h6-12H,13H2,1-5H3,(H2,24,25,29,30). The Morgan fingerprint density at radius 3 is 2.39 bits per heavy atom. The zero-order chi connectivity index (χ0) is 22.6. The van der Waals surface area contributed by atoms with Crippen molar-refractivity contribution in [2.75, 3.05) is 5.75 Å². The number of amides is 3. The van der Waals surface area contributed by atoms with E-state index in [1.54, 1.807) is 12.4 Å². The minimum Gasteiger partial charge on any atom is -0.333 e. The van der Waals surface area contributed by atoms with Gasteiger partial charge >= 0.3 is 6.03 Å². The Kier molecular flexibility index (Phi) is 6.74. The van der Waals surface area contributed by atoms with E-state index < -0.39 is 17.5 Å². The van der Waals surface area contributed by atoms with Crippen molar-refractivity contribution >= 4 is 23.7 Å². The SMILES string of the molecule is Cc1ccc(-n2c(SCC(=O)NC(=O)NC(C)(C)C)nnc2-c2ccncc2)cc1C. The third-order valence-corrected chi connectivity index (χ3v) is 5.32. The van der Waals surface area contributed by atoms with Crippen LogP contribution < -0.4 is 10.6 Å². The second-order valence-corrected chi connectivity index (χ2v) is 9.13. The van der Waals surface area contributed by atoms with Crippen molar-refractivity contribution < 1.29 is 9.59 Å². The quantitative estimate of drug-likeness (QED) is 0.590.